The van der Waals surface area contributed by atoms with Crippen LogP contribution in [-0.4, -0.2) is 47.7 Å². The normalized spacial score (nSPS) is 15.1. The van der Waals surface area contributed by atoms with E-state index < -0.39 is 17.9 Å². The highest BCUT2D eigenvalue weighted by Crippen LogP contribution is 2.24. The van der Waals surface area contributed by atoms with E-state index in [1.165, 1.54) is 25.7 Å². The molecule has 1 aliphatic heterocycles. The second kappa shape index (κ2) is 11.8. The zero-order valence-corrected chi connectivity index (χ0v) is 19.9. The van der Waals surface area contributed by atoms with E-state index in [1.807, 2.05) is 48.5 Å². The zero-order valence-electron chi connectivity index (χ0n) is 19.9. The topological polar surface area (TPSA) is 129 Å². The molecule has 8 nitrogen and oxygen atoms in total. The summed E-state index contributed by atoms with van der Waals surface area (Å²) in [6, 6.07) is 13.6. The van der Waals surface area contributed by atoms with Gasteiger partial charge in [-0.25, -0.2) is 4.79 Å². The van der Waals surface area contributed by atoms with Gasteiger partial charge in [0.1, 0.15) is 17.5 Å². The minimum absolute atomic E-state index is 0.151. The number of aromatic amines is 1. The van der Waals surface area contributed by atoms with Crippen LogP contribution in [0.15, 0.2) is 48.5 Å². The summed E-state index contributed by atoms with van der Waals surface area (Å²) in [4.78, 5) is 27.6. The minimum Gasteiger partial charge on any atom is -0.494 e. The van der Waals surface area contributed by atoms with Crippen molar-refractivity contribution in [3.05, 3.63) is 59.8 Å². The number of carboxylic acid groups (broad SMARTS) is 1. The molecular formula is C27H34N4O4. The molecule has 0 saturated carbocycles. The first kappa shape index (κ1) is 24.6. The van der Waals surface area contributed by atoms with E-state index >= 15 is 0 Å². The molecular weight excluding hydrogens is 444 g/mol. The molecule has 1 atom stereocenters. The van der Waals surface area contributed by atoms with Gasteiger partial charge < -0.3 is 31.2 Å². The Labute approximate surface area is 205 Å². The predicted octanol–water partition coefficient (Wildman–Crippen LogP) is 3.72. The Morgan fingerprint density at radius 2 is 1.83 bits per heavy atom. The van der Waals surface area contributed by atoms with Crippen LogP contribution < -0.4 is 21.1 Å². The number of nitrogens with one attached hydrogen (secondary N) is 3. The van der Waals surface area contributed by atoms with E-state index in [2.05, 4.69) is 15.6 Å². The van der Waals surface area contributed by atoms with E-state index in [9.17, 15) is 14.7 Å². The van der Waals surface area contributed by atoms with Crippen LogP contribution in [0.2, 0.25) is 0 Å². The number of anilines is 1. The fraction of sp³-hybridized carbons (Fsp3) is 0.407. The van der Waals surface area contributed by atoms with Crippen molar-refractivity contribution in [1.29, 1.82) is 0 Å². The standard InChI is InChI=1S/C27H34N4O4/c28-24-21-6-1-2-7-22(21)30-25(24)26(32)31-23(27(33)34)17-19-8-10-20(11-9-19)35-16-4-3-5-18-12-14-29-15-13-18/h1-2,6-11,18,23,29-30H,3-5,12-17,28H2,(H,31,32)(H,33,34). The van der Waals surface area contributed by atoms with Crippen molar-refractivity contribution in [3.63, 3.8) is 0 Å². The fourth-order valence-electron chi connectivity index (χ4n) is 4.63. The van der Waals surface area contributed by atoms with E-state index in [4.69, 9.17) is 10.5 Å². The number of para-hydroxylation sites is 1. The Hall–Kier alpha value is -3.52. The maximum atomic E-state index is 12.8. The lowest BCUT2D eigenvalue weighted by Crippen LogP contribution is -2.42. The lowest BCUT2D eigenvalue weighted by atomic mass is 9.93. The van der Waals surface area contributed by atoms with E-state index in [0.29, 0.717) is 12.3 Å². The Balaban J connectivity index is 1.26. The van der Waals surface area contributed by atoms with Crippen LogP contribution in [0.4, 0.5) is 5.69 Å². The number of ether oxygens (including phenoxy) is 1. The molecule has 1 aliphatic rings. The maximum Gasteiger partial charge on any atom is 0.326 e. The van der Waals surface area contributed by atoms with Crippen LogP contribution >= 0.6 is 0 Å². The van der Waals surface area contributed by atoms with Gasteiger partial charge in [-0.3, -0.25) is 4.79 Å². The van der Waals surface area contributed by atoms with Gasteiger partial charge in [0, 0.05) is 17.3 Å². The molecule has 1 fully saturated rings. The van der Waals surface area contributed by atoms with Crippen LogP contribution in [0, 0.1) is 5.92 Å². The molecule has 2 aromatic carbocycles. The van der Waals surface area contributed by atoms with Crippen molar-refractivity contribution < 1.29 is 19.4 Å². The molecule has 1 aromatic heterocycles. The number of unbranched alkanes of at least 4 members (excludes halogenated alkanes) is 1. The summed E-state index contributed by atoms with van der Waals surface area (Å²) < 4.78 is 5.85. The molecule has 35 heavy (non-hydrogen) atoms. The lowest BCUT2D eigenvalue weighted by molar-refractivity contribution is -0.139. The largest absolute Gasteiger partial charge is 0.494 e. The molecule has 4 rings (SSSR count). The molecule has 1 saturated heterocycles. The Morgan fingerprint density at radius 3 is 2.54 bits per heavy atom. The molecule has 2 heterocycles. The van der Waals surface area contributed by atoms with Crippen molar-refractivity contribution in [1.82, 2.24) is 15.6 Å². The second-order valence-corrected chi connectivity index (χ2v) is 9.21. The second-order valence-electron chi connectivity index (χ2n) is 9.21. The van der Waals surface area contributed by atoms with Gasteiger partial charge >= 0.3 is 5.97 Å². The summed E-state index contributed by atoms with van der Waals surface area (Å²) in [6.45, 7) is 2.94. The maximum absolute atomic E-state index is 12.8. The first-order valence-corrected chi connectivity index (χ1v) is 12.3. The summed E-state index contributed by atoms with van der Waals surface area (Å²) in [6.07, 6.45) is 6.15. The number of piperidine rings is 1. The van der Waals surface area contributed by atoms with Crippen molar-refractivity contribution in [2.24, 2.45) is 5.92 Å². The van der Waals surface area contributed by atoms with Gasteiger partial charge in [-0.05, 0) is 68.5 Å². The molecule has 1 amide bonds. The Morgan fingerprint density at radius 1 is 1.09 bits per heavy atom. The van der Waals surface area contributed by atoms with Crippen molar-refractivity contribution in [3.8, 4) is 5.75 Å². The third kappa shape index (κ3) is 6.54. The van der Waals surface area contributed by atoms with Crippen molar-refractivity contribution in [2.75, 3.05) is 25.4 Å². The highest BCUT2D eigenvalue weighted by Gasteiger charge is 2.24. The molecule has 6 N–H and O–H groups in total. The zero-order chi connectivity index (χ0) is 24.6. The van der Waals surface area contributed by atoms with Gasteiger partial charge in [0.15, 0.2) is 0 Å². The first-order chi connectivity index (χ1) is 17.0. The van der Waals surface area contributed by atoms with Crippen molar-refractivity contribution in [2.45, 2.75) is 44.6 Å². The summed E-state index contributed by atoms with van der Waals surface area (Å²) in [7, 11) is 0. The number of rotatable bonds is 11. The lowest BCUT2D eigenvalue weighted by Gasteiger charge is -2.22. The number of aliphatic carboxylic acids is 1. The molecule has 0 aliphatic carbocycles. The van der Waals surface area contributed by atoms with Crippen molar-refractivity contribution >= 4 is 28.5 Å². The van der Waals surface area contributed by atoms with Gasteiger partial charge in [-0.15, -0.1) is 0 Å². The summed E-state index contributed by atoms with van der Waals surface area (Å²) in [5.41, 5.74) is 8.09. The van der Waals surface area contributed by atoms with E-state index in [-0.39, 0.29) is 12.1 Å². The quantitative estimate of drug-likeness (QED) is 0.267. The third-order valence-corrected chi connectivity index (χ3v) is 6.67. The summed E-state index contributed by atoms with van der Waals surface area (Å²) in [5.74, 6) is -0.0549. The van der Waals surface area contributed by atoms with Gasteiger partial charge in [-0.2, -0.15) is 0 Å². The molecule has 3 aromatic rings. The van der Waals surface area contributed by atoms with Gasteiger partial charge in [0.2, 0.25) is 0 Å². The smallest absolute Gasteiger partial charge is 0.326 e. The van der Waals surface area contributed by atoms with Crippen LogP contribution in [0.1, 0.15) is 48.2 Å². The molecule has 8 heteroatoms. The monoisotopic (exact) mass is 478 g/mol. The number of aromatic nitrogens is 1. The number of hydrogen-bond donors (Lipinski definition) is 5. The average Bonchev–Trinajstić information content (AvgIpc) is 3.21. The fourth-order valence-corrected chi connectivity index (χ4v) is 4.63. The molecule has 0 spiro atoms. The summed E-state index contributed by atoms with van der Waals surface area (Å²) in [5, 5.41) is 16.4. The number of carboxylic acids is 1. The number of nitrogens with two attached hydrogens (primary N) is 1. The first-order valence-electron chi connectivity index (χ1n) is 12.3. The third-order valence-electron chi connectivity index (χ3n) is 6.67. The van der Waals surface area contributed by atoms with Gasteiger partial charge in [0.25, 0.3) is 5.91 Å². The Kier molecular flexibility index (Phi) is 8.26. The van der Waals surface area contributed by atoms with Crippen LogP contribution in [-0.2, 0) is 11.2 Å². The number of benzene rings is 2. The molecule has 0 bridgehead atoms. The number of hydrogen-bond acceptors (Lipinski definition) is 5. The summed E-state index contributed by atoms with van der Waals surface area (Å²) >= 11 is 0. The Bertz CT molecular complexity index is 1140. The average molecular weight is 479 g/mol. The number of fused-ring (bicyclic) bond motifs is 1. The van der Waals surface area contributed by atoms with E-state index in [0.717, 1.165) is 47.6 Å². The van der Waals surface area contributed by atoms with Crippen LogP contribution in [0.25, 0.3) is 10.9 Å². The van der Waals surface area contributed by atoms with Gasteiger partial charge in [-0.1, -0.05) is 36.8 Å². The minimum atomic E-state index is -1.11. The molecule has 0 radical (unpaired) electrons. The highest BCUT2D eigenvalue weighted by atomic mass is 16.5. The van der Waals surface area contributed by atoms with Crippen LogP contribution in [0.3, 0.4) is 0 Å². The van der Waals surface area contributed by atoms with Crippen LogP contribution in [0.5, 0.6) is 5.75 Å². The van der Waals surface area contributed by atoms with E-state index in [1.54, 1.807) is 0 Å². The number of carbonyl (C=O) groups is 2. The number of H-pyrrole nitrogens is 1. The number of carbonyl (C=O) groups excluding carboxylic acids is 1. The SMILES string of the molecule is Nc1c(C(=O)NC(Cc2ccc(OCCCCC3CCNCC3)cc2)C(=O)O)[nH]c2ccccc12. The number of nitrogen functional groups attached to an aromatic ring is 1. The van der Waals surface area contributed by atoms with Gasteiger partial charge in [0.05, 0.1) is 12.3 Å². The molecule has 1 unspecified atom stereocenters. The highest BCUT2D eigenvalue weighted by molar-refractivity contribution is 6.08. The predicted molar refractivity (Wildman–Crippen MR) is 137 cm³/mol. The molecule has 186 valence electrons. The number of amides is 1.